The van der Waals surface area contributed by atoms with Gasteiger partial charge in [0.2, 0.25) is 0 Å². The number of aromatic nitrogens is 2. The van der Waals surface area contributed by atoms with Crippen molar-refractivity contribution in [3.8, 4) is 0 Å². The van der Waals surface area contributed by atoms with Crippen molar-refractivity contribution in [1.82, 2.24) is 18.9 Å². The molecule has 2 aliphatic rings. The summed E-state index contributed by atoms with van der Waals surface area (Å²) in [6, 6.07) is 12.1. The van der Waals surface area contributed by atoms with E-state index < -0.39 is 0 Å². The second-order valence-corrected chi connectivity index (χ2v) is 12.0. The molecule has 1 aliphatic heterocycles. The second kappa shape index (κ2) is 11.0. The fraction of sp³-hybridized carbons (Fsp3) is 0.483. The van der Waals surface area contributed by atoms with E-state index in [9.17, 15) is 4.79 Å². The molecule has 202 valence electrons. The molecule has 0 bridgehead atoms. The van der Waals surface area contributed by atoms with E-state index in [1.54, 1.807) is 23.0 Å². The molecule has 0 amide bonds. The van der Waals surface area contributed by atoms with Crippen LogP contribution in [0, 0.1) is 11.3 Å². The Balaban J connectivity index is 1.38. The lowest BCUT2D eigenvalue weighted by molar-refractivity contribution is 0.0508. The Morgan fingerprint density at radius 1 is 1.18 bits per heavy atom. The molecule has 38 heavy (non-hydrogen) atoms. The van der Waals surface area contributed by atoms with Gasteiger partial charge in [-0.25, -0.2) is 14.9 Å². The van der Waals surface area contributed by atoms with Crippen LogP contribution in [0.1, 0.15) is 45.1 Å². The smallest absolute Gasteiger partial charge is 0.297 e. The normalized spacial score (nSPS) is 26.5. The van der Waals surface area contributed by atoms with Crippen LogP contribution >= 0.6 is 23.2 Å². The highest BCUT2D eigenvalue weighted by Gasteiger charge is 2.44. The number of guanidine groups is 1. The summed E-state index contributed by atoms with van der Waals surface area (Å²) in [6.07, 6.45) is 7.32. The minimum absolute atomic E-state index is 0.0920. The molecule has 2 fully saturated rings. The summed E-state index contributed by atoms with van der Waals surface area (Å²) in [6.45, 7) is 7.47. The van der Waals surface area contributed by atoms with Gasteiger partial charge < -0.3 is 5.73 Å². The summed E-state index contributed by atoms with van der Waals surface area (Å²) in [5.41, 5.74) is 8.68. The largest absolute Gasteiger partial charge is 0.338 e. The van der Waals surface area contributed by atoms with Crippen LogP contribution in [-0.2, 0) is 13.0 Å². The Morgan fingerprint density at radius 3 is 2.71 bits per heavy atom. The van der Waals surface area contributed by atoms with Gasteiger partial charge in [0.05, 0.1) is 23.3 Å². The van der Waals surface area contributed by atoms with Gasteiger partial charge in [0, 0.05) is 41.3 Å². The Kier molecular flexibility index (Phi) is 7.83. The molecule has 9 heteroatoms. The first-order valence-electron chi connectivity index (χ1n) is 13.6. The summed E-state index contributed by atoms with van der Waals surface area (Å²) >= 11 is 12.3. The van der Waals surface area contributed by atoms with Crippen LogP contribution in [-0.4, -0.2) is 52.1 Å². The molecule has 3 unspecified atom stereocenters. The first-order valence-corrected chi connectivity index (χ1v) is 14.3. The summed E-state index contributed by atoms with van der Waals surface area (Å²) < 4.78 is 1.92. The lowest BCUT2D eigenvalue weighted by Crippen LogP contribution is -2.69. The minimum atomic E-state index is -0.0920. The number of nitrogens with one attached hydrogen (secondary N) is 1. The topological polar surface area (TPSA) is 88.0 Å². The van der Waals surface area contributed by atoms with Crippen molar-refractivity contribution in [2.45, 2.75) is 64.6 Å². The highest BCUT2D eigenvalue weighted by molar-refractivity contribution is 6.35. The van der Waals surface area contributed by atoms with Gasteiger partial charge >= 0.3 is 0 Å². The number of hydrogen-bond acceptors (Lipinski definition) is 4. The zero-order valence-electron chi connectivity index (χ0n) is 22.2. The van der Waals surface area contributed by atoms with Gasteiger partial charge in [-0.05, 0) is 55.9 Å². The first kappa shape index (κ1) is 27.1. The Bertz CT molecular complexity index is 1410. The number of nitrogens with zero attached hydrogens (tertiary/aromatic N) is 4. The molecule has 3 N–H and O–H groups in total. The number of halogens is 2. The summed E-state index contributed by atoms with van der Waals surface area (Å²) in [7, 11) is 0. The molecule has 5 rings (SSSR count). The number of aryl methyl sites for hydroxylation is 2. The van der Waals surface area contributed by atoms with Crippen molar-refractivity contribution < 1.29 is 0 Å². The quantitative estimate of drug-likeness (QED) is 0.249. The van der Waals surface area contributed by atoms with E-state index in [1.807, 2.05) is 24.3 Å². The van der Waals surface area contributed by atoms with Crippen LogP contribution in [0.25, 0.3) is 10.9 Å². The summed E-state index contributed by atoms with van der Waals surface area (Å²) in [5.74, 6) is 0.912. The molecule has 0 spiro atoms. The van der Waals surface area contributed by atoms with E-state index in [2.05, 4.69) is 23.7 Å². The van der Waals surface area contributed by atoms with Gasteiger partial charge in [-0.2, -0.15) is 0 Å². The number of benzene rings is 2. The van der Waals surface area contributed by atoms with Gasteiger partial charge in [-0.1, -0.05) is 49.0 Å². The third-order valence-corrected chi connectivity index (χ3v) is 9.25. The number of piperazine rings is 1. The fourth-order valence-electron chi connectivity index (χ4n) is 6.53. The van der Waals surface area contributed by atoms with Crippen molar-refractivity contribution >= 4 is 45.8 Å². The lowest BCUT2D eigenvalue weighted by Gasteiger charge is -2.49. The maximum absolute atomic E-state index is 13.3. The average Bonchev–Trinajstić information content (AvgIpc) is 2.88. The third-order valence-electron chi connectivity index (χ3n) is 8.66. The van der Waals surface area contributed by atoms with Gasteiger partial charge in [-0.15, -0.1) is 0 Å². The van der Waals surface area contributed by atoms with Gasteiger partial charge in [0.1, 0.15) is 18.8 Å². The Labute approximate surface area is 234 Å². The highest BCUT2D eigenvalue weighted by Crippen LogP contribution is 2.34. The minimum Gasteiger partial charge on any atom is -0.338 e. The van der Waals surface area contributed by atoms with Gasteiger partial charge in [0.25, 0.3) is 11.5 Å². The molecule has 1 aliphatic carbocycles. The second-order valence-electron chi connectivity index (χ2n) is 11.2. The molecule has 4 atom stereocenters. The van der Waals surface area contributed by atoms with E-state index in [1.165, 1.54) is 25.7 Å². The standard InChI is InChI=1S/C29H37Cl2N6O/c1-19-4-3-5-23(14-19)36-12-13-37(29(32)33,17-20(36)2)24-8-9-25-27(16-24)34-18-35(28(25)38)11-10-21-6-7-22(30)15-26(21)31/h6-9,15-16,18-20,23H,3-5,10-14,17H2,1-2H3,(H3,32,33)/q+1/t19?,20-,23?,37?/m0/s1. The molecule has 2 heterocycles. The maximum atomic E-state index is 13.3. The number of nitrogens with two attached hydrogens (primary N) is 1. The van der Waals surface area contributed by atoms with E-state index in [0.717, 1.165) is 36.8 Å². The predicted octanol–water partition coefficient (Wildman–Crippen LogP) is 5.43. The fourth-order valence-corrected chi connectivity index (χ4v) is 7.03. The van der Waals surface area contributed by atoms with Crippen LogP contribution in [0.4, 0.5) is 5.69 Å². The van der Waals surface area contributed by atoms with Crippen LogP contribution in [0.5, 0.6) is 0 Å². The van der Waals surface area contributed by atoms with Crippen LogP contribution < -0.4 is 15.8 Å². The Morgan fingerprint density at radius 2 is 2.00 bits per heavy atom. The van der Waals surface area contributed by atoms with Crippen LogP contribution in [0.3, 0.4) is 0 Å². The zero-order valence-corrected chi connectivity index (χ0v) is 23.7. The molecule has 0 radical (unpaired) electrons. The average molecular weight is 557 g/mol. The molecule has 1 saturated carbocycles. The van der Waals surface area contributed by atoms with E-state index in [0.29, 0.717) is 50.5 Å². The van der Waals surface area contributed by atoms with Crippen molar-refractivity contribution in [3.63, 3.8) is 0 Å². The molecular weight excluding hydrogens is 519 g/mol. The molecule has 1 saturated heterocycles. The predicted molar refractivity (Wildman–Crippen MR) is 157 cm³/mol. The third kappa shape index (κ3) is 5.22. The molecule has 2 aromatic carbocycles. The van der Waals surface area contributed by atoms with E-state index >= 15 is 0 Å². The number of fused-ring (bicyclic) bond motifs is 1. The molecule has 7 nitrogen and oxygen atoms in total. The number of hydrogen-bond donors (Lipinski definition) is 2. The van der Waals surface area contributed by atoms with Gasteiger partial charge in [0.15, 0.2) is 0 Å². The summed E-state index contributed by atoms with van der Waals surface area (Å²) in [4.78, 5) is 20.5. The lowest BCUT2D eigenvalue weighted by atomic mass is 9.85. The van der Waals surface area contributed by atoms with Crippen molar-refractivity contribution in [3.05, 3.63) is 68.7 Å². The number of rotatable bonds is 5. The van der Waals surface area contributed by atoms with E-state index in [-0.39, 0.29) is 11.5 Å². The van der Waals surface area contributed by atoms with Crippen molar-refractivity contribution in [2.75, 3.05) is 19.6 Å². The zero-order chi connectivity index (χ0) is 27.0. The SMILES string of the molecule is CC1CCCC(N2CC[N+](C(=N)N)(c3ccc4c(=O)n(CCc5ccc(Cl)cc5Cl)cnc4c3)C[C@@H]2C)C1. The molecule has 3 aromatic rings. The highest BCUT2D eigenvalue weighted by atomic mass is 35.5. The molecule has 1 aromatic heterocycles. The first-order chi connectivity index (χ1) is 18.2. The number of quaternary nitrogens is 1. The van der Waals surface area contributed by atoms with Crippen LogP contribution in [0.2, 0.25) is 10.0 Å². The van der Waals surface area contributed by atoms with Crippen molar-refractivity contribution in [1.29, 1.82) is 5.41 Å². The monoisotopic (exact) mass is 555 g/mol. The maximum Gasteiger partial charge on any atom is 0.297 e. The summed E-state index contributed by atoms with van der Waals surface area (Å²) in [5, 5.41) is 10.3. The van der Waals surface area contributed by atoms with Crippen molar-refractivity contribution in [2.24, 2.45) is 11.7 Å². The van der Waals surface area contributed by atoms with Gasteiger partial charge in [-0.3, -0.25) is 14.3 Å². The van der Waals surface area contributed by atoms with E-state index in [4.69, 9.17) is 34.3 Å². The van der Waals surface area contributed by atoms with Crippen LogP contribution in [0.15, 0.2) is 47.5 Å². The Hall–Kier alpha value is -2.45. The molecular formula is C29H37Cl2N6O+.